The molecule has 0 spiro atoms. The fourth-order valence-corrected chi connectivity index (χ4v) is 14.8. The lowest BCUT2D eigenvalue weighted by Gasteiger charge is -2.39. The monoisotopic (exact) mass is 764 g/mol. The lowest BCUT2D eigenvalue weighted by atomic mass is 9.98. The molecule has 12 rings (SSSR count). The van der Waals surface area contributed by atoms with Gasteiger partial charge in [0.15, 0.2) is 14.2 Å². The van der Waals surface area contributed by atoms with Crippen molar-refractivity contribution >= 4 is 78.1 Å². The number of hydrogen-bond donors (Lipinski definition) is 0. The van der Waals surface area contributed by atoms with E-state index in [9.17, 15) is 0 Å². The highest BCUT2D eigenvalue weighted by Crippen LogP contribution is 2.39. The van der Waals surface area contributed by atoms with Gasteiger partial charge in [-0.25, -0.2) is 14.4 Å². The maximum absolute atomic E-state index is 17.1. The molecule has 0 bridgehead atoms. The molecule has 0 fully saturated rings. The number of alkyl halides is 1. The molecule has 1 unspecified atom stereocenters. The summed E-state index contributed by atoms with van der Waals surface area (Å²) in [6.07, 6.45) is 4.29. The first-order valence-electron chi connectivity index (χ1n) is 19.5. The number of hydrogen-bond acceptors (Lipinski definition) is 3. The van der Waals surface area contributed by atoms with Crippen LogP contribution in [0.2, 0.25) is 0 Å². The first-order valence-corrected chi connectivity index (χ1v) is 21.5. The van der Waals surface area contributed by atoms with E-state index in [0.717, 1.165) is 71.6 Å². The summed E-state index contributed by atoms with van der Waals surface area (Å²) in [4.78, 5) is 9.90. The van der Waals surface area contributed by atoms with E-state index in [-0.39, 0.29) is 0 Å². The summed E-state index contributed by atoms with van der Waals surface area (Å²) >= 11 is 0. The average molecular weight is 765 g/mol. The fraction of sp³-hybridized carbons (Fsp3) is 0.0196. The van der Waals surface area contributed by atoms with Crippen LogP contribution in [0, 0.1) is 0 Å². The van der Waals surface area contributed by atoms with E-state index in [1.165, 1.54) is 15.6 Å². The van der Waals surface area contributed by atoms with Crippen molar-refractivity contribution in [1.29, 1.82) is 0 Å². The minimum Gasteiger partial charge on any atom is -0.456 e. The Morgan fingerprint density at radius 2 is 1.22 bits per heavy atom. The number of imidazole rings is 1. The van der Waals surface area contributed by atoms with Crippen molar-refractivity contribution in [3.63, 3.8) is 0 Å². The molecule has 0 saturated heterocycles. The van der Waals surface area contributed by atoms with Crippen molar-refractivity contribution in [2.45, 2.75) is 6.17 Å². The Morgan fingerprint density at radius 3 is 2.03 bits per heavy atom. The molecule has 0 amide bonds. The third-order valence-corrected chi connectivity index (χ3v) is 16.9. The zero-order chi connectivity index (χ0) is 38.4. The molecule has 5 nitrogen and oxygen atoms in total. The van der Waals surface area contributed by atoms with Gasteiger partial charge in [-0.1, -0.05) is 140 Å². The Balaban J connectivity index is 1.08. The predicted molar refractivity (Wildman–Crippen MR) is 235 cm³/mol. The number of pyridine rings is 2. The second-order valence-corrected chi connectivity index (χ2v) is 18.7. The quantitative estimate of drug-likeness (QED) is 0.130. The average Bonchev–Trinajstić information content (AvgIpc) is 3.93. The zero-order valence-corrected chi connectivity index (χ0v) is 32.1. The fourth-order valence-electron chi connectivity index (χ4n) is 9.64. The first kappa shape index (κ1) is 32.8. The number of fused-ring (bicyclic) bond motifs is 12. The van der Waals surface area contributed by atoms with Gasteiger partial charge in [-0.15, -0.1) is 0 Å². The Kier molecular flexibility index (Phi) is 7.12. The maximum atomic E-state index is 17.1. The topological polar surface area (TPSA) is 44.4 Å². The number of halogens is 1. The molecule has 5 heterocycles. The van der Waals surface area contributed by atoms with Gasteiger partial charge in [0, 0.05) is 44.8 Å². The van der Waals surface area contributed by atoms with Crippen molar-refractivity contribution in [3.05, 3.63) is 206 Å². The van der Waals surface area contributed by atoms with Crippen LogP contribution < -0.4 is 25.5 Å². The minimum atomic E-state index is -3.02. The van der Waals surface area contributed by atoms with Gasteiger partial charge >= 0.3 is 0 Å². The molecule has 1 aliphatic rings. The highest BCUT2D eigenvalue weighted by Gasteiger charge is 2.49. The van der Waals surface area contributed by atoms with Crippen LogP contribution >= 0.6 is 0 Å². The van der Waals surface area contributed by atoms with Gasteiger partial charge in [0.05, 0.1) is 17.2 Å². The standard InChI is InChI=1S/C51H33FN4OSi/c52-48(34-26-27-38-39-20-7-9-22-42(39)55-29-28-53-50(55)41(38)31-34)33-14-13-15-35(30-33)56-43-23-10-8-21-40(43)47-49-45(32-54-51(47)56)57-44-24-11-12-25-46(44)58(49,36-16-3-1-4-17-36)37-18-5-2-6-19-37/h1-32,48H. The summed E-state index contributed by atoms with van der Waals surface area (Å²) in [7, 11) is -3.02. The molecule has 0 saturated carbocycles. The van der Waals surface area contributed by atoms with Crippen LogP contribution in [0.3, 0.4) is 0 Å². The highest BCUT2D eigenvalue weighted by molar-refractivity contribution is 7.21. The van der Waals surface area contributed by atoms with Gasteiger partial charge in [-0.05, 0) is 68.5 Å². The van der Waals surface area contributed by atoms with Gasteiger partial charge < -0.3 is 4.74 Å². The van der Waals surface area contributed by atoms with Crippen LogP contribution in [0.4, 0.5) is 4.39 Å². The molecule has 0 aliphatic carbocycles. The molecule has 7 aromatic carbocycles. The molecule has 0 N–H and O–H groups in total. The van der Waals surface area contributed by atoms with Gasteiger partial charge in [0.2, 0.25) is 0 Å². The molecule has 1 aliphatic heterocycles. The number of ether oxygens (including phenoxy) is 1. The van der Waals surface area contributed by atoms with Crippen molar-refractivity contribution in [2.24, 2.45) is 0 Å². The minimum absolute atomic E-state index is 0.565. The third-order valence-electron chi connectivity index (χ3n) is 12.0. The molecule has 11 aromatic rings. The molecule has 1 atom stereocenters. The van der Waals surface area contributed by atoms with Crippen LogP contribution in [-0.2, 0) is 0 Å². The van der Waals surface area contributed by atoms with Crippen molar-refractivity contribution in [3.8, 4) is 17.2 Å². The van der Waals surface area contributed by atoms with Crippen molar-refractivity contribution in [1.82, 2.24) is 18.9 Å². The molecular formula is C51H33FN4OSi. The van der Waals surface area contributed by atoms with E-state index in [0.29, 0.717) is 11.1 Å². The lowest BCUT2D eigenvalue weighted by Crippen LogP contribution is -2.76. The normalized spacial score (nSPS) is 13.8. The molecule has 0 radical (unpaired) electrons. The summed E-state index contributed by atoms with van der Waals surface area (Å²) in [6, 6.07) is 60.8. The highest BCUT2D eigenvalue weighted by atomic mass is 28.3. The van der Waals surface area contributed by atoms with E-state index in [4.69, 9.17) is 14.7 Å². The molecule has 7 heteroatoms. The summed E-state index contributed by atoms with van der Waals surface area (Å²) in [5.74, 6) is 1.62. The first-order chi connectivity index (χ1) is 28.7. The summed E-state index contributed by atoms with van der Waals surface area (Å²) in [5, 5.41) is 10.1. The maximum Gasteiger partial charge on any atom is 0.189 e. The number of aromatic nitrogens is 4. The number of para-hydroxylation sites is 3. The largest absolute Gasteiger partial charge is 0.456 e. The van der Waals surface area contributed by atoms with Gasteiger partial charge in [0.1, 0.15) is 22.8 Å². The molecule has 274 valence electrons. The summed E-state index contributed by atoms with van der Waals surface area (Å²) in [5.41, 5.74) is 5.67. The van der Waals surface area contributed by atoms with Crippen LogP contribution in [0.15, 0.2) is 195 Å². The van der Waals surface area contributed by atoms with Crippen LogP contribution in [0.5, 0.6) is 11.5 Å². The van der Waals surface area contributed by atoms with Gasteiger partial charge in [0.25, 0.3) is 0 Å². The van der Waals surface area contributed by atoms with Gasteiger partial charge in [-0.2, -0.15) is 0 Å². The van der Waals surface area contributed by atoms with E-state index >= 15 is 4.39 Å². The lowest BCUT2D eigenvalue weighted by molar-refractivity contribution is 0.402. The van der Waals surface area contributed by atoms with Crippen LogP contribution in [-0.4, -0.2) is 27.0 Å². The predicted octanol–water partition coefficient (Wildman–Crippen LogP) is 9.67. The number of nitrogens with zero attached hydrogens (tertiary/aromatic N) is 4. The van der Waals surface area contributed by atoms with E-state index in [2.05, 4.69) is 130 Å². The number of benzene rings is 7. The zero-order valence-electron chi connectivity index (χ0n) is 31.1. The van der Waals surface area contributed by atoms with Crippen LogP contribution in [0.25, 0.3) is 54.9 Å². The Hall–Kier alpha value is -7.35. The van der Waals surface area contributed by atoms with Gasteiger partial charge in [-0.3, -0.25) is 8.97 Å². The Bertz CT molecular complexity index is 3370. The molecule has 58 heavy (non-hydrogen) atoms. The van der Waals surface area contributed by atoms with E-state index in [1.807, 2.05) is 67.0 Å². The third kappa shape index (κ3) is 4.56. The van der Waals surface area contributed by atoms with E-state index < -0.39 is 14.2 Å². The smallest absolute Gasteiger partial charge is 0.189 e. The summed E-state index contributed by atoms with van der Waals surface area (Å²) in [6.45, 7) is 0. The Morgan fingerprint density at radius 1 is 0.534 bits per heavy atom. The van der Waals surface area contributed by atoms with Crippen LogP contribution in [0.1, 0.15) is 17.3 Å². The SMILES string of the molecule is FC(c1cccc(-n2c3ccccc3c3c4c(cnc32)Oc2ccccc2[Si]4(c2ccccc2)c2ccccc2)c1)c1ccc2c3ccccc3n3ccnc3c2c1. The van der Waals surface area contributed by atoms with Crippen molar-refractivity contribution in [2.75, 3.05) is 0 Å². The second kappa shape index (κ2) is 12.6. The second-order valence-electron chi connectivity index (χ2n) is 15.0. The molecular weight excluding hydrogens is 732 g/mol. The molecule has 4 aromatic heterocycles. The summed E-state index contributed by atoms with van der Waals surface area (Å²) < 4.78 is 28.2. The Labute approximate surface area is 333 Å². The number of rotatable bonds is 5. The van der Waals surface area contributed by atoms with Crippen molar-refractivity contribution < 1.29 is 9.13 Å². The van der Waals surface area contributed by atoms with E-state index in [1.54, 1.807) is 6.20 Å².